The monoisotopic (exact) mass is 391 g/mol. The summed E-state index contributed by atoms with van der Waals surface area (Å²) in [4.78, 5) is 33.9. The number of nitrogens with zero attached hydrogens (tertiary/aromatic N) is 1. The first kappa shape index (κ1) is 23.6. The molecule has 1 aromatic rings. The van der Waals surface area contributed by atoms with E-state index < -0.39 is 10.8 Å². The van der Waals surface area contributed by atoms with Gasteiger partial charge in [0.05, 0.1) is 4.92 Å². The van der Waals surface area contributed by atoms with Crippen molar-refractivity contribution in [3.05, 3.63) is 39.9 Å². The van der Waals surface area contributed by atoms with Gasteiger partial charge in [0.2, 0.25) is 5.91 Å². The van der Waals surface area contributed by atoms with Crippen molar-refractivity contribution >= 4 is 17.5 Å². The van der Waals surface area contributed by atoms with E-state index in [9.17, 15) is 19.7 Å². The van der Waals surface area contributed by atoms with Gasteiger partial charge in [-0.2, -0.15) is 0 Å². The average molecular weight is 392 g/mol. The molecule has 0 saturated carbocycles. The Labute approximate surface area is 167 Å². The van der Waals surface area contributed by atoms with Gasteiger partial charge in [0.15, 0.2) is 0 Å². The largest absolute Gasteiger partial charge is 0.273 e. The number of carbonyl (C=O) groups is 2. The maximum Gasteiger partial charge on any atom is 0.270 e. The molecular formula is C21H33N3O4. The Hall–Kier alpha value is -2.44. The van der Waals surface area contributed by atoms with Gasteiger partial charge in [-0.3, -0.25) is 30.6 Å². The van der Waals surface area contributed by atoms with Crippen molar-refractivity contribution in [2.45, 2.75) is 84.0 Å². The van der Waals surface area contributed by atoms with E-state index in [1.54, 1.807) is 0 Å². The number of hydrazine groups is 1. The lowest BCUT2D eigenvalue weighted by atomic mass is 10.1. The Bertz CT molecular complexity index is 619. The molecule has 0 atom stereocenters. The molecule has 0 bridgehead atoms. The fourth-order valence-electron chi connectivity index (χ4n) is 2.97. The fraction of sp³-hybridized carbons (Fsp3) is 0.619. The van der Waals surface area contributed by atoms with Crippen LogP contribution in [-0.4, -0.2) is 16.7 Å². The number of unbranched alkanes of at least 4 members (excludes halogenated alkanes) is 10. The van der Waals surface area contributed by atoms with E-state index in [1.807, 2.05) is 0 Å². The van der Waals surface area contributed by atoms with E-state index in [-0.39, 0.29) is 17.2 Å². The van der Waals surface area contributed by atoms with E-state index in [2.05, 4.69) is 17.8 Å². The number of hydrogen-bond donors (Lipinski definition) is 2. The minimum Gasteiger partial charge on any atom is -0.273 e. The van der Waals surface area contributed by atoms with Crippen molar-refractivity contribution in [3.8, 4) is 0 Å². The summed E-state index contributed by atoms with van der Waals surface area (Å²) in [6.07, 6.45) is 13.7. The van der Waals surface area contributed by atoms with Crippen LogP contribution >= 0.6 is 0 Å². The van der Waals surface area contributed by atoms with Crippen LogP contribution < -0.4 is 10.9 Å². The molecule has 0 aliphatic heterocycles. The number of non-ortho nitro benzene ring substituents is 1. The molecule has 0 aliphatic carbocycles. The summed E-state index contributed by atoms with van der Waals surface area (Å²) in [5, 5.41) is 10.7. The molecule has 0 aromatic heterocycles. The van der Waals surface area contributed by atoms with E-state index in [0.29, 0.717) is 6.42 Å². The summed E-state index contributed by atoms with van der Waals surface area (Å²) >= 11 is 0. The molecule has 0 radical (unpaired) electrons. The third-order valence-corrected chi connectivity index (χ3v) is 4.64. The Morgan fingerprint density at radius 1 is 0.893 bits per heavy atom. The van der Waals surface area contributed by atoms with Gasteiger partial charge in [-0.25, -0.2) is 0 Å². The van der Waals surface area contributed by atoms with Crippen molar-refractivity contribution < 1.29 is 14.5 Å². The zero-order valence-electron chi connectivity index (χ0n) is 16.9. The number of rotatable bonds is 14. The van der Waals surface area contributed by atoms with Crippen LogP contribution in [0.5, 0.6) is 0 Å². The second-order valence-corrected chi connectivity index (χ2v) is 7.10. The summed E-state index contributed by atoms with van der Waals surface area (Å²) in [7, 11) is 0. The molecule has 2 N–H and O–H groups in total. The molecule has 7 heteroatoms. The zero-order valence-corrected chi connectivity index (χ0v) is 16.9. The summed E-state index contributed by atoms with van der Waals surface area (Å²) in [6, 6.07) is 5.37. The lowest BCUT2D eigenvalue weighted by Gasteiger charge is -2.07. The number of hydrogen-bond acceptors (Lipinski definition) is 4. The molecule has 0 fully saturated rings. The smallest absolute Gasteiger partial charge is 0.270 e. The lowest BCUT2D eigenvalue weighted by Crippen LogP contribution is -2.41. The van der Waals surface area contributed by atoms with Crippen LogP contribution in [-0.2, 0) is 4.79 Å². The maximum absolute atomic E-state index is 11.9. The molecule has 0 unspecified atom stereocenters. The number of amides is 2. The highest BCUT2D eigenvalue weighted by Crippen LogP contribution is 2.13. The van der Waals surface area contributed by atoms with E-state index in [0.717, 1.165) is 19.3 Å². The molecule has 0 heterocycles. The highest BCUT2D eigenvalue weighted by molar-refractivity contribution is 5.95. The zero-order chi connectivity index (χ0) is 20.6. The second kappa shape index (κ2) is 14.6. The van der Waals surface area contributed by atoms with Gasteiger partial charge < -0.3 is 0 Å². The minimum atomic E-state index is -0.573. The summed E-state index contributed by atoms with van der Waals surface area (Å²) < 4.78 is 0. The highest BCUT2D eigenvalue weighted by Gasteiger charge is 2.12. The Morgan fingerprint density at radius 2 is 1.46 bits per heavy atom. The van der Waals surface area contributed by atoms with Gasteiger partial charge in [0.1, 0.15) is 0 Å². The predicted octanol–water partition coefficient (Wildman–Crippen LogP) is 5.06. The minimum absolute atomic E-state index is 0.129. The van der Waals surface area contributed by atoms with Gasteiger partial charge in [-0.1, -0.05) is 77.2 Å². The third-order valence-electron chi connectivity index (χ3n) is 4.64. The van der Waals surface area contributed by atoms with E-state index in [4.69, 9.17) is 0 Å². The van der Waals surface area contributed by atoms with E-state index in [1.165, 1.54) is 75.6 Å². The second-order valence-electron chi connectivity index (χ2n) is 7.10. The highest BCUT2D eigenvalue weighted by atomic mass is 16.6. The average Bonchev–Trinajstić information content (AvgIpc) is 2.70. The predicted molar refractivity (Wildman–Crippen MR) is 110 cm³/mol. The molecule has 0 aliphatic rings. The normalized spacial score (nSPS) is 10.5. The summed E-state index contributed by atoms with van der Waals surface area (Å²) in [6.45, 7) is 2.23. The fourth-order valence-corrected chi connectivity index (χ4v) is 2.97. The SMILES string of the molecule is CCCCCCCCCCCCCC(=O)NNC(=O)c1cccc([N+](=O)[O-])c1. The molecule has 0 saturated heterocycles. The van der Waals surface area contributed by atoms with Gasteiger partial charge >= 0.3 is 0 Å². The van der Waals surface area contributed by atoms with Crippen molar-refractivity contribution in [2.24, 2.45) is 0 Å². The van der Waals surface area contributed by atoms with Crippen molar-refractivity contribution in [1.82, 2.24) is 10.9 Å². The van der Waals surface area contributed by atoms with Crippen LogP contribution in [0.3, 0.4) is 0 Å². The van der Waals surface area contributed by atoms with Gasteiger partial charge in [0, 0.05) is 24.1 Å². The summed E-state index contributed by atoms with van der Waals surface area (Å²) in [5.41, 5.74) is 4.61. The lowest BCUT2D eigenvalue weighted by molar-refractivity contribution is -0.384. The van der Waals surface area contributed by atoms with Crippen molar-refractivity contribution in [2.75, 3.05) is 0 Å². The van der Waals surface area contributed by atoms with Crippen LogP contribution in [0, 0.1) is 10.1 Å². The van der Waals surface area contributed by atoms with Crippen LogP contribution in [0.1, 0.15) is 94.3 Å². The van der Waals surface area contributed by atoms with E-state index >= 15 is 0 Å². The standard InChI is InChI=1S/C21H33N3O4/c1-2-3-4-5-6-7-8-9-10-11-12-16-20(25)22-23-21(26)18-14-13-15-19(17-18)24(27)28/h13-15,17H,2-12,16H2,1H3,(H,22,25)(H,23,26). The van der Waals surface area contributed by atoms with Gasteiger partial charge in [-0.05, 0) is 12.5 Å². The van der Waals surface area contributed by atoms with Crippen LogP contribution in [0.4, 0.5) is 5.69 Å². The molecule has 28 heavy (non-hydrogen) atoms. The molecule has 1 rings (SSSR count). The van der Waals surface area contributed by atoms with Crippen molar-refractivity contribution in [3.63, 3.8) is 0 Å². The van der Waals surface area contributed by atoms with Crippen LogP contribution in [0.25, 0.3) is 0 Å². The van der Waals surface area contributed by atoms with Gasteiger partial charge in [0.25, 0.3) is 11.6 Å². The van der Waals surface area contributed by atoms with Crippen LogP contribution in [0.2, 0.25) is 0 Å². The molecule has 156 valence electrons. The molecule has 7 nitrogen and oxygen atoms in total. The quantitative estimate of drug-likeness (QED) is 0.263. The first-order valence-corrected chi connectivity index (χ1v) is 10.4. The Kier molecular flexibility index (Phi) is 12.3. The maximum atomic E-state index is 11.9. The topological polar surface area (TPSA) is 101 Å². The number of nitro benzene ring substituents is 1. The van der Waals surface area contributed by atoms with Crippen molar-refractivity contribution in [1.29, 1.82) is 0 Å². The Balaban J connectivity index is 2.06. The van der Waals surface area contributed by atoms with Crippen LogP contribution in [0.15, 0.2) is 24.3 Å². The summed E-state index contributed by atoms with van der Waals surface area (Å²) in [5.74, 6) is -0.828. The number of carbonyl (C=O) groups excluding carboxylic acids is 2. The molecule has 0 spiro atoms. The Morgan fingerprint density at radius 3 is 2.04 bits per heavy atom. The number of nitro groups is 1. The third kappa shape index (κ3) is 10.6. The molecule has 1 aromatic carbocycles. The first-order chi connectivity index (χ1) is 13.5. The number of nitrogens with one attached hydrogen (secondary N) is 2. The number of benzene rings is 1. The molecule has 2 amide bonds. The molecular weight excluding hydrogens is 358 g/mol. The first-order valence-electron chi connectivity index (χ1n) is 10.4. The van der Waals surface area contributed by atoms with Gasteiger partial charge in [-0.15, -0.1) is 0 Å².